The van der Waals surface area contributed by atoms with Gasteiger partial charge in [-0.1, -0.05) is 140 Å². The quantitative estimate of drug-likeness (QED) is 0.187. The van der Waals surface area contributed by atoms with Crippen LogP contribution in [0.25, 0.3) is 81.9 Å². The third-order valence-electron chi connectivity index (χ3n) is 9.15. The number of hydrogen-bond acceptors (Lipinski definition) is 1. The molecule has 0 radical (unpaired) electrons. The summed E-state index contributed by atoms with van der Waals surface area (Å²) in [5.74, 6) is 0. The standard InChI is InChI=1S/C42H28S/c1-2-13-30-27(11-1)12-9-19-31(30)28-23-25-29(26-24-28)40-33-15-3-5-17-35(33)41(36-18-6-4-16-34(36)40)38-21-10-20-37-32-14-7-8-22-39(32)43-42(37)38/h1-6,8-13,15-26H,7,14H2. The van der Waals surface area contributed by atoms with Gasteiger partial charge in [-0.05, 0) is 90.0 Å². The van der Waals surface area contributed by atoms with E-state index in [1.165, 1.54) is 86.2 Å². The van der Waals surface area contributed by atoms with Crippen LogP contribution in [0.2, 0.25) is 0 Å². The van der Waals surface area contributed by atoms with Gasteiger partial charge in [-0.25, -0.2) is 0 Å². The van der Waals surface area contributed by atoms with Crippen LogP contribution in [0.4, 0.5) is 0 Å². The molecule has 1 heteroatoms. The van der Waals surface area contributed by atoms with Gasteiger partial charge in [0.25, 0.3) is 0 Å². The van der Waals surface area contributed by atoms with Gasteiger partial charge in [-0.2, -0.15) is 0 Å². The molecule has 0 saturated heterocycles. The van der Waals surface area contributed by atoms with Crippen LogP contribution in [0.5, 0.6) is 0 Å². The van der Waals surface area contributed by atoms with E-state index >= 15 is 0 Å². The Balaban J connectivity index is 1.29. The summed E-state index contributed by atoms with van der Waals surface area (Å²) in [5.41, 5.74) is 9.27. The Hall–Kier alpha value is -4.98. The van der Waals surface area contributed by atoms with E-state index in [0.29, 0.717) is 0 Å². The molecule has 43 heavy (non-hydrogen) atoms. The molecule has 0 aliphatic heterocycles. The van der Waals surface area contributed by atoms with Gasteiger partial charge >= 0.3 is 0 Å². The van der Waals surface area contributed by atoms with Crippen LogP contribution in [-0.2, 0) is 6.42 Å². The Bertz CT molecular complexity index is 2320. The molecule has 0 fully saturated rings. The highest BCUT2D eigenvalue weighted by molar-refractivity contribution is 7.20. The highest BCUT2D eigenvalue weighted by atomic mass is 32.1. The number of thiophene rings is 1. The van der Waals surface area contributed by atoms with Gasteiger partial charge < -0.3 is 0 Å². The minimum atomic E-state index is 1.13. The van der Waals surface area contributed by atoms with Gasteiger partial charge in [-0.15, -0.1) is 11.3 Å². The second-order valence-electron chi connectivity index (χ2n) is 11.5. The van der Waals surface area contributed by atoms with E-state index in [2.05, 4.69) is 146 Å². The van der Waals surface area contributed by atoms with Gasteiger partial charge in [0, 0.05) is 15.1 Å². The van der Waals surface area contributed by atoms with Crippen molar-refractivity contribution in [2.75, 3.05) is 0 Å². The Morgan fingerprint density at radius 3 is 1.74 bits per heavy atom. The van der Waals surface area contributed by atoms with Crippen LogP contribution in [0.15, 0.2) is 140 Å². The average Bonchev–Trinajstić information content (AvgIpc) is 3.46. The largest absolute Gasteiger partial charge is 0.135 e. The van der Waals surface area contributed by atoms with Crippen LogP contribution >= 0.6 is 11.3 Å². The van der Waals surface area contributed by atoms with Crippen LogP contribution in [0, 0.1) is 0 Å². The smallest absolute Gasteiger partial charge is 0.0430 e. The molecule has 1 aliphatic carbocycles. The van der Waals surface area contributed by atoms with E-state index < -0.39 is 0 Å². The Labute approximate surface area is 255 Å². The normalized spacial score (nSPS) is 12.8. The van der Waals surface area contributed by atoms with Crippen LogP contribution < -0.4 is 0 Å². The lowest BCUT2D eigenvalue weighted by atomic mass is 9.85. The molecule has 7 aromatic carbocycles. The van der Waals surface area contributed by atoms with Crippen molar-refractivity contribution in [2.24, 2.45) is 0 Å². The van der Waals surface area contributed by atoms with E-state index in [0.717, 1.165) is 12.8 Å². The van der Waals surface area contributed by atoms with Crippen molar-refractivity contribution in [3.05, 3.63) is 150 Å². The molecular formula is C42H28S. The third-order valence-corrected chi connectivity index (χ3v) is 10.4. The number of allylic oxidation sites excluding steroid dienone is 1. The van der Waals surface area contributed by atoms with Crippen molar-refractivity contribution in [1.82, 2.24) is 0 Å². The Kier molecular flexibility index (Phi) is 5.61. The van der Waals surface area contributed by atoms with Gasteiger partial charge in [0.2, 0.25) is 0 Å². The van der Waals surface area contributed by atoms with Gasteiger partial charge in [0.05, 0.1) is 0 Å². The molecule has 0 spiro atoms. The second kappa shape index (κ2) is 9.80. The minimum Gasteiger partial charge on any atom is -0.135 e. The van der Waals surface area contributed by atoms with Crippen molar-refractivity contribution >= 4 is 59.8 Å². The van der Waals surface area contributed by atoms with Crippen molar-refractivity contribution in [3.63, 3.8) is 0 Å². The maximum Gasteiger partial charge on any atom is 0.0430 e. The molecule has 0 unspecified atom stereocenters. The second-order valence-corrected chi connectivity index (χ2v) is 12.6. The maximum absolute atomic E-state index is 2.33. The number of rotatable bonds is 3. The molecule has 8 aromatic rings. The topological polar surface area (TPSA) is 0 Å². The van der Waals surface area contributed by atoms with Crippen LogP contribution in [-0.4, -0.2) is 0 Å². The third kappa shape index (κ3) is 3.82. The van der Waals surface area contributed by atoms with E-state index in [1.54, 1.807) is 0 Å². The fourth-order valence-corrected chi connectivity index (χ4v) is 8.52. The number of benzene rings is 7. The first-order valence-electron chi connectivity index (χ1n) is 15.1. The molecule has 0 amide bonds. The number of hydrogen-bond donors (Lipinski definition) is 0. The molecular weight excluding hydrogens is 537 g/mol. The van der Waals surface area contributed by atoms with Gasteiger partial charge in [0.1, 0.15) is 0 Å². The summed E-state index contributed by atoms with van der Waals surface area (Å²) in [5, 5.41) is 9.20. The average molecular weight is 565 g/mol. The zero-order valence-electron chi connectivity index (χ0n) is 23.7. The molecule has 202 valence electrons. The summed E-state index contributed by atoms with van der Waals surface area (Å²) in [7, 11) is 0. The zero-order valence-corrected chi connectivity index (χ0v) is 24.5. The van der Waals surface area contributed by atoms with Gasteiger partial charge in [0.15, 0.2) is 0 Å². The SMILES string of the molecule is C1=Cc2sc3c(-c4c5ccccc5c(-c5ccc(-c6cccc7ccccc67)cc5)c5ccccc45)cccc3c2CC1. The Morgan fingerprint density at radius 2 is 1.00 bits per heavy atom. The summed E-state index contributed by atoms with van der Waals surface area (Å²) in [6, 6.07) is 49.3. The molecule has 0 atom stereocenters. The first-order valence-corrected chi connectivity index (χ1v) is 15.9. The van der Waals surface area contributed by atoms with Crippen molar-refractivity contribution in [1.29, 1.82) is 0 Å². The lowest BCUT2D eigenvalue weighted by Crippen LogP contribution is -1.91. The molecule has 0 N–H and O–H groups in total. The molecule has 0 saturated carbocycles. The van der Waals surface area contributed by atoms with Crippen molar-refractivity contribution in [2.45, 2.75) is 12.8 Å². The van der Waals surface area contributed by atoms with Crippen LogP contribution in [0.1, 0.15) is 16.9 Å². The highest BCUT2D eigenvalue weighted by Gasteiger charge is 2.21. The predicted octanol–water partition coefficient (Wildman–Crippen LogP) is 12.3. The van der Waals surface area contributed by atoms with Crippen LogP contribution in [0.3, 0.4) is 0 Å². The molecule has 9 rings (SSSR count). The molecule has 1 aromatic heterocycles. The Morgan fingerprint density at radius 1 is 0.442 bits per heavy atom. The highest BCUT2D eigenvalue weighted by Crippen LogP contribution is 2.48. The summed E-state index contributed by atoms with van der Waals surface area (Å²) < 4.78 is 1.40. The monoisotopic (exact) mass is 564 g/mol. The number of fused-ring (bicyclic) bond motifs is 6. The van der Waals surface area contributed by atoms with E-state index in [1.807, 2.05) is 11.3 Å². The predicted molar refractivity (Wildman–Crippen MR) is 188 cm³/mol. The first-order chi connectivity index (χ1) is 21.3. The fourth-order valence-electron chi connectivity index (χ4n) is 7.22. The van der Waals surface area contributed by atoms with E-state index in [4.69, 9.17) is 0 Å². The first kappa shape index (κ1) is 24.6. The lowest BCUT2D eigenvalue weighted by molar-refractivity contribution is 1.01. The summed E-state index contributed by atoms with van der Waals surface area (Å²) in [4.78, 5) is 1.42. The van der Waals surface area contributed by atoms with Crippen molar-refractivity contribution < 1.29 is 0 Å². The fraction of sp³-hybridized carbons (Fsp3) is 0.0476. The summed E-state index contributed by atoms with van der Waals surface area (Å²) in [6.07, 6.45) is 6.91. The minimum absolute atomic E-state index is 1.13. The number of aryl methyl sites for hydroxylation is 1. The zero-order chi connectivity index (χ0) is 28.3. The van der Waals surface area contributed by atoms with E-state index in [9.17, 15) is 0 Å². The van der Waals surface area contributed by atoms with Gasteiger partial charge in [-0.3, -0.25) is 0 Å². The molecule has 0 bridgehead atoms. The molecule has 1 heterocycles. The molecule has 0 nitrogen and oxygen atoms in total. The van der Waals surface area contributed by atoms with Crippen molar-refractivity contribution in [3.8, 4) is 33.4 Å². The lowest BCUT2D eigenvalue weighted by Gasteiger charge is -2.18. The maximum atomic E-state index is 2.33. The van der Waals surface area contributed by atoms with E-state index in [-0.39, 0.29) is 0 Å². The summed E-state index contributed by atoms with van der Waals surface area (Å²) >= 11 is 1.95. The molecule has 1 aliphatic rings. The summed E-state index contributed by atoms with van der Waals surface area (Å²) in [6.45, 7) is 0.